The molecule has 1 saturated heterocycles. The zero-order valence-electron chi connectivity index (χ0n) is 17.2. The normalized spacial score (nSPS) is 18.8. The van der Waals surface area contributed by atoms with Crippen molar-refractivity contribution in [1.29, 1.82) is 0 Å². The van der Waals surface area contributed by atoms with Gasteiger partial charge in [0.2, 0.25) is 5.91 Å². The molecule has 3 heterocycles. The molecule has 2 aromatic heterocycles. The Balaban J connectivity index is 1.61. The van der Waals surface area contributed by atoms with E-state index in [2.05, 4.69) is 22.2 Å². The Hall–Kier alpha value is -2.15. The molecule has 29 heavy (non-hydrogen) atoms. The summed E-state index contributed by atoms with van der Waals surface area (Å²) in [5, 5.41) is 3.71. The van der Waals surface area contributed by atoms with Crippen molar-refractivity contribution in [3.05, 3.63) is 27.1 Å². The molecule has 1 saturated carbocycles. The van der Waals surface area contributed by atoms with Gasteiger partial charge in [-0.1, -0.05) is 11.6 Å². The van der Waals surface area contributed by atoms with Crippen LogP contribution in [0, 0.1) is 18.8 Å². The van der Waals surface area contributed by atoms with Crippen LogP contribution >= 0.6 is 11.6 Å². The lowest BCUT2D eigenvalue weighted by Crippen LogP contribution is -2.39. The Morgan fingerprint density at radius 3 is 2.59 bits per heavy atom. The van der Waals surface area contributed by atoms with Gasteiger partial charge in [-0.05, 0) is 63.0 Å². The number of likely N-dealkylation sites (tertiary alicyclic amines) is 1. The Labute approximate surface area is 175 Å². The maximum Gasteiger partial charge on any atom is 0.295 e. The number of rotatable bonds is 5. The summed E-state index contributed by atoms with van der Waals surface area (Å²) >= 11 is 6.25. The van der Waals surface area contributed by atoms with Crippen molar-refractivity contribution >= 4 is 34.5 Å². The number of halogens is 1. The smallest absolute Gasteiger partial charge is 0.295 e. The predicted molar refractivity (Wildman–Crippen MR) is 114 cm³/mol. The molecule has 7 nitrogen and oxygen atoms in total. The number of piperidine rings is 1. The molecule has 1 amide bonds. The summed E-state index contributed by atoms with van der Waals surface area (Å²) in [6.07, 6.45) is 4.13. The predicted octanol–water partition coefficient (Wildman–Crippen LogP) is 3.39. The topological polar surface area (TPSA) is 80.1 Å². The number of carbonyl (C=O) groups is 1. The number of nitrogens with one attached hydrogen (secondary N) is 1. The van der Waals surface area contributed by atoms with Gasteiger partial charge in [-0.2, -0.15) is 0 Å². The first-order valence-corrected chi connectivity index (χ1v) is 10.8. The molecule has 1 aliphatic carbocycles. The lowest BCUT2D eigenvalue weighted by atomic mass is 9.97. The number of fused-ring (bicyclic) bond motifs is 1. The van der Waals surface area contributed by atoms with Crippen molar-refractivity contribution in [2.75, 3.05) is 25.0 Å². The summed E-state index contributed by atoms with van der Waals surface area (Å²) in [6.45, 7) is 7.82. The molecule has 1 aliphatic heterocycles. The fourth-order valence-electron chi connectivity index (χ4n) is 4.18. The molecule has 1 atom stereocenters. The average molecular weight is 418 g/mol. The van der Waals surface area contributed by atoms with Crippen molar-refractivity contribution in [3.63, 3.8) is 0 Å². The standard InChI is InChI=1S/C21H28ClN5O2/c1-12-10-17-20(25-18(12)22)27(13(2)16-4-5-16)21(29)19(24-17)23-11-15-6-8-26(9-7-15)14(3)28/h10,13,15-16H,4-9,11H2,1-3H3,(H,23,24). The van der Waals surface area contributed by atoms with Crippen LogP contribution in [0.1, 0.15) is 51.1 Å². The van der Waals surface area contributed by atoms with Crippen LogP contribution in [0.5, 0.6) is 0 Å². The van der Waals surface area contributed by atoms with Crippen LogP contribution in [0.2, 0.25) is 5.15 Å². The van der Waals surface area contributed by atoms with E-state index in [0.717, 1.165) is 44.3 Å². The third-order valence-corrected chi connectivity index (χ3v) is 6.71. The first-order valence-electron chi connectivity index (χ1n) is 10.4. The Morgan fingerprint density at radius 1 is 1.28 bits per heavy atom. The highest BCUT2D eigenvalue weighted by Gasteiger charge is 2.32. The molecule has 156 valence electrons. The first-order chi connectivity index (χ1) is 13.8. The van der Waals surface area contributed by atoms with E-state index in [1.54, 1.807) is 11.5 Å². The minimum absolute atomic E-state index is 0.0682. The first kappa shape index (κ1) is 20.1. The fraction of sp³-hybridized carbons (Fsp3) is 0.619. The van der Waals surface area contributed by atoms with Gasteiger partial charge in [0.25, 0.3) is 5.56 Å². The van der Waals surface area contributed by atoms with E-state index in [1.807, 2.05) is 17.9 Å². The summed E-state index contributed by atoms with van der Waals surface area (Å²) in [7, 11) is 0. The van der Waals surface area contributed by atoms with Crippen LogP contribution in [0.25, 0.3) is 11.2 Å². The molecule has 2 aromatic rings. The SMILES string of the molecule is CC(=O)N1CCC(CNc2nc3cc(C)c(Cl)nc3n(C(C)C3CC3)c2=O)CC1. The minimum Gasteiger partial charge on any atom is -0.365 e. The lowest BCUT2D eigenvalue weighted by Gasteiger charge is -2.31. The summed E-state index contributed by atoms with van der Waals surface area (Å²) in [6, 6.07) is 1.97. The number of aromatic nitrogens is 3. The van der Waals surface area contributed by atoms with Crippen molar-refractivity contribution in [3.8, 4) is 0 Å². The number of carbonyl (C=O) groups excluding carboxylic acids is 1. The summed E-state index contributed by atoms with van der Waals surface area (Å²) in [5.74, 6) is 1.43. The average Bonchev–Trinajstić information content (AvgIpc) is 3.53. The minimum atomic E-state index is -0.134. The number of nitrogens with zero attached hydrogens (tertiary/aromatic N) is 4. The Kier molecular flexibility index (Phi) is 5.51. The summed E-state index contributed by atoms with van der Waals surface area (Å²) in [4.78, 5) is 35.7. The second-order valence-electron chi connectivity index (χ2n) is 8.48. The molecular formula is C21H28ClN5O2. The zero-order chi connectivity index (χ0) is 20.7. The highest BCUT2D eigenvalue weighted by Crippen LogP contribution is 2.39. The monoisotopic (exact) mass is 417 g/mol. The largest absolute Gasteiger partial charge is 0.365 e. The highest BCUT2D eigenvalue weighted by molar-refractivity contribution is 6.30. The molecule has 0 spiro atoms. The van der Waals surface area contributed by atoms with E-state index in [1.165, 1.54) is 0 Å². The van der Waals surface area contributed by atoms with E-state index in [-0.39, 0.29) is 17.5 Å². The number of hydrogen-bond donors (Lipinski definition) is 1. The lowest BCUT2D eigenvalue weighted by molar-refractivity contribution is -0.130. The number of amides is 1. The molecule has 4 rings (SSSR count). The molecule has 0 aromatic carbocycles. The van der Waals surface area contributed by atoms with Gasteiger partial charge in [0, 0.05) is 32.6 Å². The van der Waals surface area contributed by atoms with Crippen molar-refractivity contribution in [2.45, 2.75) is 52.5 Å². The third-order valence-electron chi connectivity index (χ3n) is 6.32. The Bertz CT molecular complexity index is 993. The highest BCUT2D eigenvalue weighted by atomic mass is 35.5. The summed E-state index contributed by atoms with van der Waals surface area (Å²) in [5.41, 5.74) is 1.96. The van der Waals surface area contributed by atoms with Crippen LogP contribution in [-0.2, 0) is 4.79 Å². The van der Waals surface area contributed by atoms with Crippen molar-refractivity contribution in [1.82, 2.24) is 19.4 Å². The van der Waals surface area contributed by atoms with Crippen molar-refractivity contribution < 1.29 is 4.79 Å². The molecular weight excluding hydrogens is 390 g/mol. The van der Waals surface area contributed by atoms with E-state index in [0.29, 0.717) is 40.5 Å². The van der Waals surface area contributed by atoms with Crippen LogP contribution in [0.4, 0.5) is 5.82 Å². The number of hydrogen-bond acceptors (Lipinski definition) is 5. The molecule has 1 N–H and O–H groups in total. The van der Waals surface area contributed by atoms with Crippen LogP contribution in [0.15, 0.2) is 10.9 Å². The van der Waals surface area contributed by atoms with Gasteiger partial charge >= 0.3 is 0 Å². The number of pyridine rings is 1. The molecule has 8 heteroatoms. The molecule has 2 aliphatic rings. The van der Waals surface area contributed by atoms with E-state index in [9.17, 15) is 9.59 Å². The number of anilines is 1. The number of aryl methyl sites for hydroxylation is 1. The maximum atomic E-state index is 13.3. The molecule has 0 bridgehead atoms. The van der Waals surface area contributed by atoms with Gasteiger partial charge in [0.1, 0.15) is 10.7 Å². The van der Waals surface area contributed by atoms with E-state index >= 15 is 0 Å². The van der Waals surface area contributed by atoms with Gasteiger partial charge in [0.15, 0.2) is 11.5 Å². The quantitative estimate of drug-likeness (QED) is 0.754. The third kappa shape index (κ3) is 4.10. The Morgan fingerprint density at radius 2 is 1.97 bits per heavy atom. The van der Waals surface area contributed by atoms with Gasteiger partial charge in [-0.15, -0.1) is 0 Å². The van der Waals surface area contributed by atoms with Gasteiger partial charge in [-0.3, -0.25) is 14.2 Å². The van der Waals surface area contributed by atoms with Gasteiger partial charge < -0.3 is 10.2 Å². The second kappa shape index (κ2) is 7.94. The maximum absolute atomic E-state index is 13.3. The van der Waals surface area contributed by atoms with Crippen LogP contribution < -0.4 is 10.9 Å². The molecule has 0 radical (unpaired) electrons. The molecule has 2 fully saturated rings. The zero-order valence-corrected chi connectivity index (χ0v) is 18.0. The van der Waals surface area contributed by atoms with Crippen LogP contribution in [-0.4, -0.2) is 45.0 Å². The molecule has 1 unspecified atom stereocenters. The van der Waals surface area contributed by atoms with Gasteiger partial charge in [0.05, 0.1) is 0 Å². The van der Waals surface area contributed by atoms with Crippen LogP contribution in [0.3, 0.4) is 0 Å². The summed E-state index contributed by atoms with van der Waals surface area (Å²) < 4.78 is 1.77. The van der Waals surface area contributed by atoms with Gasteiger partial charge in [-0.25, -0.2) is 9.97 Å². The fourth-order valence-corrected chi connectivity index (χ4v) is 4.32. The van der Waals surface area contributed by atoms with E-state index < -0.39 is 0 Å². The van der Waals surface area contributed by atoms with Crippen molar-refractivity contribution in [2.24, 2.45) is 11.8 Å². The second-order valence-corrected chi connectivity index (χ2v) is 8.84. The van der Waals surface area contributed by atoms with E-state index in [4.69, 9.17) is 11.6 Å².